The molecule has 0 aromatic heterocycles. The van der Waals surface area contributed by atoms with Crippen molar-refractivity contribution in [1.29, 1.82) is 0 Å². The highest BCUT2D eigenvalue weighted by atomic mass is 16.6. The van der Waals surface area contributed by atoms with Crippen molar-refractivity contribution in [3.05, 3.63) is 116 Å². The van der Waals surface area contributed by atoms with Crippen LogP contribution in [-0.2, 0) is 0 Å². The van der Waals surface area contributed by atoms with Gasteiger partial charge in [-0.25, -0.2) is 0 Å². The van der Waals surface area contributed by atoms with E-state index in [0.717, 1.165) is 33.3 Å². The molecule has 32 heavy (non-hydrogen) atoms. The highest BCUT2D eigenvalue weighted by Crippen LogP contribution is 2.32. The Kier molecular flexibility index (Phi) is 5.76. The Morgan fingerprint density at radius 1 is 0.562 bits per heavy atom. The number of hydrogen-bond acceptors (Lipinski definition) is 6. The van der Waals surface area contributed by atoms with E-state index in [1.165, 1.54) is 24.3 Å². The summed E-state index contributed by atoms with van der Waals surface area (Å²) in [5.74, 6) is 0. The summed E-state index contributed by atoms with van der Waals surface area (Å²) in [7, 11) is 0. The lowest BCUT2D eigenvalue weighted by molar-refractivity contribution is -0.385. The van der Waals surface area contributed by atoms with E-state index in [-0.39, 0.29) is 11.4 Å². The van der Waals surface area contributed by atoms with E-state index in [9.17, 15) is 20.2 Å². The molecule has 4 aromatic rings. The van der Waals surface area contributed by atoms with E-state index in [1.807, 2.05) is 36.4 Å². The molecule has 0 atom stereocenters. The largest absolute Gasteiger partial charge is 0.269 e. The monoisotopic (exact) mass is 424 g/mol. The molecule has 4 aromatic carbocycles. The molecule has 0 saturated heterocycles. The molecule has 0 saturated carbocycles. The molecule has 0 aliphatic carbocycles. The number of nitrogens with zero attached hydrogens (tertiary/aromatic N) is 4. The summed E-state index contributed by atoms with van der Waals surface area (Å²) in [6, 6.07) is 23.8. The molecular formula is C24H16N4O4. The second kappa shape index (κ2) is 8.97. The van der Waals surface area contributed by atoms with Gasteiger partial charge in [-0.05, 0) is 47.5 Å². The van der Waals surface area contributed by atoms with E-state index < -0.39 is 9.85 Å². The van der Waals surface area contributed by atoms with Gasteiger partial charge in [0.2, 0.25) is 0 Å². The van der Waals surface area contributed by atoms with E-state index in [4.69, 9.17) is 0 Å². The van der Waals surface area contributed by atoms with Gasteiger partial charge in [0.15, 0.2) is 0 Å². The van der Waals surface area contributed by atoms with Gasteiger partial charge in [-0.15, -0.1) is 0 Å². The lowest BCUT2D eigenvalue weighted by atomic mass is 10.1. The van der Waals surface area contributed by atoms with Crippen molar-refractivity contribution in [2.45, 2.75) is 0 Å². The van der Waals surface area contributed by atoms with Gasteiger partial charge >= 0.3 is 0 Å². The normalized spacial score (nSPS) is 11.4. The first kappa shape index (κ1) is 20.5. The average Bonchev–Trinajstić information content (AvgIpc) is 2.81. The molecule has 8 nitrogen and oxygen atoms in total. The zero-order valence-corrected chi connectivity index (χ0v) is 16.7. The number of fused-ring (bicyclic) bond motifs is 1. The van der Waals surface area contributed by atoms with Gasteiger partial charge in [-0.3, -0.25) is 30.2 Å². The van der Waals surface area contributed by atoms with Crippen LogP contribution in [-0.4, -0.2) is 22.3 Å². The molecule has 4 rings (SSSR count). The van der Waals surface area contributed by atoms with Crippen LogP contribution in [0.1, 0.15) is 11.1 Å². The number of hydrogen-bond donors (Lipinski definition) is 0. The van der Waals surface area contributed by atoms with Crippen LogP contribution < -0.4 is 0 Å². The van der Waals surface area contributed by atoms with Crippen LogP contribution in [0.25, 0.3) is 10.8 Å². The minimum Gasteiger partial charge on any atom is -0.258 e. The lowest BCUT2D eigenvalue weighted by Gasteiger charge is -2.05. The van der Waals surface area contributed by atoms with E-state index >= 15 is 0 Å². The standard InChI is InChI=1S/C24H16N4O4/c29-27(30)19-11-7-17(8-12-19)15-25-23-5-1-3-21-22(23)4-2-6-24(21)26-16-18-9-13-20(14-10-18)28(31)32/h1-16H. The average molecular weight is 424 g/mol. The smallest absolute Gasteiger partial charge is 0.258 e. The Balaban J connectivity index is 1.62. The van der Waals surface area contributed by atoms with Crippen LogP contribution in [0.15, 0.2) is 94.9 Å². The molecule has 8 heteroatoms. The third-order valence-electron chi connectivity index (χ3n) is 4.79. The summed E-state index contributed by atoms with van der Waals surface area (Å²) in [6.45, 7) is 0. The fourth-order valence-electron chi connectivity index (χ4n) is 3.15. The summed E-state index contributed by atoms with van der Waals surface area (Å²) in [5.41, 5.74) is 3.05. The van der Waals surface area contributed by atoms with Gasteiger partial charge < -0.3 is 0 Å². The topological polar surface area (TPSA) is 111 Å². The summed E-state index contributed by atoms with van der Waals surface area (Å²) in [4.78, 5) is 29.8. The summed E-state index contributed by atoms with van der Waals surface area (Å²) >= 11 is 0. The number of rotatable bonds is 6. The molecule has 0 N–H and O–H groups in total. The van der Waals surface area contributed by atoms with Gasteiger partial charge in [-0.2, -0.15) is 0 Å². The Bertz CT molecular complexity index is 1250. The van der Waals surface area contributed by atoms with Crippen molar-refractivity contribution in [2.24, 2.45) is 9.98 Å². The molecule has 156 valence electrons. The second-order valence-corrected chi connectivity index (χ2v) is 6.86. The molecule has 0 aliphatic rings. The number of nitro benzene ring substituents is 2. The molecule has 0 radical (unpaired) electrons. The van der Waals surface area contributed by atoms with E-state index in [1.54, 1.807) is 36.7 Å². The van der Waals surface area contributed by atoms with Crippen molar-refractivity contribution in [3.8, 4) is 0 Å². The lowest BCUT2D eigenvalue weighted by Crippen LogP contribution is -1.88. The summed E-state index contributed by atoms with van der Waals surface area (Å²) in [6.07, 6.45) is 3.32. The molecule has 0 amide bonds. The zero-order chi connectivity index (χ0) is 22.5. The zero-order valence-electron chi connectivity index (χ0n) is 16.7. The quantitative estimate of drug-likeness (QED) is 0.210. The molecule has 0 unspecified atom stereocenters. The Hall–Kier alpha value is -4.72. The van der Waals surface area contributed by atoms with Gasteiger partial charge in [-0.1, -0.05) is 24.3 Å². The SMILES string of the molecule is O=[N+]([O-])c1ccc(C=Nc2cccc3c(N=Cc4ccc([N+](=O)[O-])cc4)cccc23)cc1. The first-order valence-corrected chi connectivity index (χ1v) is 9.60. The van der Waals surface area contributed by atoms with Crippen LogP contribution in [0.3, 0.4) is 0 Å². The van der Waals surface area contributed by atoms with Crippen LogP contribution in [0, 0.1) is 20.2 Å². The van der Waals surface area contributed by atoms with Crippen molar-refractivity contribution in [3.63, 3.8) is 0 Å². The number of non-ortho nitro benzene ring substituents is 2. The predicted octanol–water partition coefficient (Wildman–Crippen LogP) is 6.16. The number of aliphatic imine (C=N–C) groups is 2. The maximum atomic E-state index is 10.8. The van der Waals surface area contributed by atoms with Crippen molar-refractivity contribution >= 4 is 46.0 Å². The third-order valence-corrected chi connectivity index (χ3v) is 4.79. The van der Waals surface area contributed by atoms with Crippen molar-refractivity contribution < 1.29 is 9.85 Å². The van der Waals surface area contributed by atoms with Crippen LogP contribution in [0.4, 0.5) is 22.7 Å². The van der Waals surface area contributed by atoms with Gasteiger partial charge in [0, 0.05) is 47.5 Å². The van der Waals surface area contributed by atoms with Gasteiger partial charge in [0.1, 0.15) is 0 Å². The van der Waals surface area contributed by atoms with Crippen LogP contribution in [0.2, 0.25) is 0 Å². The first-order chi connectivity index (χ1) is 15.5. The highest BCUT2D eigenvalue weighted by molar-refractivity contribution is 6.02. The highest BCUT2D eigenvalue weighted by Gasteiger charge is 2.06. The van der Waals surface area contributed by atoms with Crippen LogP contribution >= 0.6 is 0 Å². The van der Waals surface area contributed by atoms with E-state index in [0.29, 0.717) is 0 Å². The fourth-order valence-corrected chi connectivity index (χ4v) is 3.15. The Morgan fingerprint density at radius 3 is 1.28 bits per heavy atom. The van der Waals surface area contributed by atoms with E-state index in [2.05, 4.69) is 9.98 Å². The van der Waals surface area contributed by atoms with Crippen molar-refractivity contribution in [1.82, 2.24) is 0 Å². The predicted molar refractivity (Wildman–Crippen MR) is 125 cm³/mol. The van der Waals surface area contributed by atoms with Gasteiger partial charge in [0.25, 0.3) is 11.4 Å². The Labute approximate surface area is 182 Å². The summed E-state index contributed by atoms with van der Waals surface area (Å²) < 4.78 is 0. The minimum absolute atomic E-state index is 0.0304. The minimum atomic E-state index is -0.440. The molecule has 0 fully saturated rings. The molecule has 0 heterocycles. The van der Waals surface area contributed by atoms with Gasteiger partial charge in [0.05, 0.1) is 21.2 Å². The maximum Gasteiger partial charge on any atom is 0.269 e. The summed E-state index contributed by atoms with van der Waals surface area (Å²) in [5, 5.41) is 23.4. The van der Waals surface area contributed by atoms with Crippen molar-refractivity contribution in [2.75, 3.05) is 0 Å². The Morgan fingerprint density at radius 2 is 0.938 bits per heavy atom. The maximum absolute atomic E-state index is 10.8. The van der Waals surface area contributed by atoms with Crippen LogP contribution in [0.5, 0.6) is 0 Å². The first-order valence-electron chi connectivity index (χ1n) is 9.60. The molecular weight excluding hydrogens is 408 g/mol. The third kappa shape index (κ3) is 4.54. The number of nitro groups is 2. The molecule has 0 bridgehead atoms. The second-order valence-electron chi connectivity index (χ2n) is 6.86. The molecule has 0 spiro atoms. The number of benzene rings is 4. The molecule has 0 aliphatic heterocycles. The fraction of sp³-hybridized carbons (Fsp3) is 0.